The maximum absolute atomic E-state index is 12.4. The second-order valence-electron chi connectivity index (χ2n) is 4.28. The van der Waals surface area contributed by atoms with E-state index in [-0.39, 0.29) is 11.3 Å². The maximum Gasteiger partial charge on any atom is 0.401 e. The number of carbonyl (C=O) groups is 4. The molecule has 1 fully saturated rings. The summed E-state index contributed by atoms with van der Waals surface area (Å²) in [7, 11) is 1.37. The van der Waals surface area contributed by atoms with E-state index in [0.717, 1.165) is 4.90 Å². The lowest BCUT2D eigenvalue weighted by Crippen LogP contribution is -2.54. The van der Waals surface area contributed by atoms with Gasteiger partial charge in [0.2, 0.25) is 0 Å². The number of ether oxygens (including phenoxy) is 1. The van der Waals surface area contributed by atoms with E-state index in [9.17, 15) is 19.2 Å². The smallest absolute Gasteiger partial charge is 0.401 e. The number of anilines is 1. The van der Waals surface area contributed by atoms with Gasteiger partial charge in [-0.2, -0.15) is 0 Å². The van der Waals surface area contributed by atoms with Crippen LogP contribution in [-0.4, -0.2) is 40.8 Å². The molecule has 2 aliphatic rings. The largest absolute Gasteiger partial charge is 0.407 e. The molecule has 1 aromatic rings. The standard InChI is InChI=1S/C12H7ClN2O5/c1-14-7-5-3-2-4-6(7)8(16)15-9(17)10(18)20-12(15,13)11(14)19/h2-5H,1H3. The van der Waals surface area contributed by atoms with Crippen molar-refractivity contribution < 1.29 is 23.9 Å². The Morgan fingerprint density at radius 3 is 2.45 bits per heavy atom. The number of benzene rings is 1. The fourth-order valence-corrected chi connectivity index (χ4v) is 2.53. The summed E-state index contributed by atoms with van der Waals surface area (Å²) < 4.78 is 4.62. The van der Waals surface area contributed by atoms with Gasteiger partial charge in [-0.05, 0) is 23.7 Å². The second kappa shape index (κ2) is 3.80. The third kappa shape index (κ3) is 1.35. The van der Waals surface area contributed by atoms with Gasteiger partial charge in [0.05, 0.1) is 11.3 Å². The number of carbonyl (C=O) groups excluding carboxylic acids is 4. The number of likely N-dealkylation sites (N-methyl/N-ethyl adjacent to an activating group) is 1. The summed E-state index contributed by atoms with van der Waals surface area (Å²) in [5.74, 6) is -4.35. The van der Waals surface area contributed by atoms with Crippen molar-refractivity contribution in [3.63, 3.8) is 0 Å². The Kier molecular flexibility index (Phi) is 2.39. The topological polar surface area (TPSA) is 84.0 Å². The van der Waals surface area contributed by atoms with Crippen LogP contribution in [0.2, 0.25) is 0 Å². The minimum atomic E-state index is -2.46. The van der Waals surface area contributed by atoms with Crippen molar-refractivity contribution in [3.8, 4) is 0 Å². The van der Waals surface area contributed by atoms with E-state index in [1.165, 1.54) is 19.2 Å². The van der Waals surface area contributed by atoms with Gasteiger partial charge in [-0.25, -0.2) is 9.69 Å². The zero-order valence-electron chi connectivity index (χ0n) is 10.1. The minimum absolute atomic E-state index is 0.0810. The van der Waals surface area contributed by atoms with Crippen LogP contribution in [0.1, 0.15) is 10.4 Å². The zero-order chi connectivity index (χ0) is 14.7. The molecule has 2 aliphatic heterocycles. The van der Waals surface area contributed by atoms with Crippen molar-refractivity contribution >= 4 is 41.0 Å². The van der Waals surface area contributed by atoms with E-state index in [4.69, 9.17) is 11.6 Å². The van der Waals surface area contributed by atoms with E-state index in [1.54, 1.807) is 12.1 Å². The van der Waals surface area contributed by atoms with Crippen LogP contribution in [0.25, 0.3) is 0 Å². The van der Waals surface area contributed by atoms with Crippen LogP contribution in [0.3, 0.4) is 0 Å². The Bertz CT molecular complexity index is 688. The van der Waals surface area contributed by atoms with Crippen molar-refractivity contribution in [2.45, 2.75) is 5.18 Å². The van der Waals surface area contributed by atoms with Gasteiger partial charge >= 0.3 is 23.0 Å². The van der Waals surface area contributed by atoms with Crippen LogP contribution in [-0.2, 0) is 19.1 Å². The molecule has 0 spiro atoms. The SMILES string of the molecule is CN1C(=O)C2(Cl)OC(=O)C(=O)N2C(=O)c2ccccc21. The first-order chi connectivity index (χ1) is 9.38. The molecule has 8 heteroatoms. The molecule has 0 aliphatic carbocycles. The maximum atomic E-state index is 12.4. The quantitative estimate of drug-likeness (QED) is 0.222. The molecular weight excluding hydrogens is 288 g/mol. The summed E-state index contributed by atoms with van der Waals surface area (Å²) in [5, 5.41) is -2.46. The average molecular weight is 295 g/mol. The normalized spacial score (nSPS) is 25.3. The van der Waals surface area contributed by atoms with E-state index in [0.29, 0.717) is 4.90 Å². The summed E-state index contributed by atoms with van der Waals surface area (Å²) in [4.78, 5) is 49.2. The number of esters is 1. The number of rotatable bonds is 0. The van der Waals surface area contributed by atoms with E-state index >= 15 is 0 Å². The molecule has 0 bridgehead atoms. The van der Waals surface area contributed by atoms with Gasteiger partial charge in [0.15, 0.2) is 0 Å². The number of hydrogen-bond donors (Lipinski definition) is 0. The Balaban J connectivity index is 2.29. The molecule has 0 N–H and O–H groups in total. The number of fused-ring (bicyclic) bond motifs is 2. The molecule has 0 saturated carbocycles. The summed E-state index contributed by atoms with van der Waals surface area (Å²) in [6, 6.07) is 6.15. The van der Waals surface area contributed by atoms with E-state index in [1.807, 2.05) is 0 Å². The van der Waals surface area contributed by atoms with Crippen LogP contribution in [0.15, 0.2) is 24.3 Å². The van der Waals surface area contributed by atoms with Crippen molar-refractivity contribution in [2.75, 3.05) is 11.9 Å². The summed E-state index contributed by atoms with van der Waals surface area (Å²) in [5.41, 5.74) is 0.360. The van der Waals surface area contributed by atoms with Gasteiger partial charge in [0.25, 0.3) is 5.91 Å². The Labute approximate surface area is 117 Å². The number of halogens is 1. The highest BCUT2D eigenvalue weighted by Gasteiger charge is 2.63. The fourth-order valence-electron chi connectivity index (χ4n) is 2.18. The molecule has 1 unspecified atom stereocenters. The first-order valence-electron chi connectivity index (χ1n) is 5.56. The Hall–Kier alpha value is -2.41. The number of hydrogen-bond acceptors (Lipinski definition) is 5. The lowest BCUT2D eigenvalue weighted by Gasteiger charge is -2.26. The molecular formula is C12H7ClN2O5. The monoisotopic (exact) mass is 294 g/mol. The lowest BCUT2D eigenvalue weighted by molar-refractivity contribution is -0.154. The van der Waals surface area contributed by atoms with E-state index in [2.05, 4.69) is 4.74 Å². The van der Waals surface area contributed by atoms with Gasteiger partial charge in [0.1, 0.15) is 0 Å². The Morgan fingerprint density at radius 2 is 1.75 bits per heavy atom. The minimum Gasteiger partial charge on any atom is -0.407 e. The molecule has 1 saturated heterocycles. The first kappa shape index (κ1) is 12.6. The molecule has 1 atom stereocenters. The summed E-state index contributed by atoms with van der Waals surface area (Å²) in [6.45, 7) is 0. The lowest BCUT2D eigenvalue weighted by atomic mass is 10.1. The molecule has 20 heavy (non-hydrogen) atoms. The first-order valence-corrected chi connectivity index (χ1v) is 5.93. The predicted molar refractivity (Wildman–Crippen MR) is 65.7 cm³/mol. The highest BCUT2D eigenvalue weighted by molar-refractivity contribution is 6.49. The number of alkyl halides is 1. The zero-order valence-corrected chi connectivity index (χ0v) is 10.9. The predicted octanol–water partition coefficient (Wildman–Crippen LogP) is 0.0812. The highest BCUT2D eigenvalue weighted by Crippen LogP contribution is 2.38. The number of amides is 3. The molecule has 102 valence electrons. The number of nitrogens with zero attached hydrogens (tertiary/aromatic N) is 2. The van der Waals surface area contributed by atoms with Crippen molar-refractivity contribution in [3.05, 3.63) is 29.8 Å². The number of para-hydroxylation sites is 1. The second-order valence-corrected chi connectivity index (χ2v) is 4.79. The van der Waals surface area contributed by atoms with Gasteiger partial charge in [-0.3, -0.25) is 14.4 Å². The third-order valence-electron chi connectivity index (χ3n) is 3.16. The molecule has 0 radical (unpaired) electrons. The van der Waals surface area contributed by atoms with Crippen LogP contribution in [0.4, 0.5) is 5.69 Å². The molecule has 1 aromatic carbocycles. The molecule has 0 aromatic heterocycles. The fraction of sp³-hybridized carbons (Fsp3) is 0.167. The van der Waals surface area contributed by atoms with Crippen LogP contribution < -0.4 is 4.90 Å². The number of imide groups is 1. The summed E-state index contributed by atoms with van der Waals surface area (Å²) >= 11 is 5.95. The van der Waals surface area contributed by atoms with Gasteiger partial charge in [-0.15, -0.1) is 0 Å². The highest BCUT2D eigenvalue weighted by atomic mass is 35.5. The van der Waals surface area contributed by atoms with Crippen molar-refractivity contribution in [1.29, 1.82) is 0 Å². The third-order valence-corrected chi connectivity index (χ3v) is 3.57. The van der Waals surface area contributed by atoms with Crippen LogP contribution in [0, 0.1) is 0 Å². The van der Waals surface area contributed by atoms with Crippen LogP contribution in [0.5, 0.6) is 0 Å². The van der Waals surface area contributed by atoms with E-state index < -0.39 is 28.9 Å². The summed E-state index contributed by atoms with van der Waals surface area (Å²) in [6.07, 6.45) is 0. The average Bonchev–Trinajstić information content (AvgIpc) is 2.64. The molecule has 7 nitrogen and oxygen atoms in total. The van der Waals surface area contributed by atoms with Crippen molar-refractivity contribution in [1.82, 2.24) is 4.90 Å². The van der Waals surface area contributed by atoms with Crippen LogP contribution >= 0.6 is 11.6 Å². The molecule has 3 amide bonds. The Morgan fingerprint density at radius 1 is 1.10 bits per heavy atom. The van der Waals surface area contributed by atoms with Gasteiger partial charge in [0, 0.05) is 7.05 Å². The molecule has 3 rings (SSSR count). The van der Waals surface area contributed by atoms with Gasteiger partial charge < -0.3 is 9.64 Å². The van der Waals surface area contributed by atoms with Crippen molar-refractivity contribution in [2.24, 2.45) is 0 Å². The van der Waals surface area contributed by atoms with Gasteiger partial charge in [-0.1, -0.05) is 12.1 Å². The molecule has 2 heterocycles.